The second kappa shape index (κ2) is 9.23. The highest BCUT2D eigenvalue weighted by molar-refractivity contribution is 9.10. The van der Waals surface area contributed by atoms with E-state index < -0.39 is 17.9 Å². The molecule has 28 heavy (non-hydrogen) atoms. The van der Waals surface area contributed by atoms with E-state index in [1.807, 2.05) is 36.4 Å². The molecule has 1 atom stereocenters. The normalized spacial score (nSPS) is 11.5. The highest BCUT2D eigenvalue weighted by atomic mass is 79.9. The summed E-state index contributed by atoms with van der Waals surface area (Å²) in [6, 6.07) is 20.5. The molecule has 6 nitrogen and oxygen atoms in total. The number of carbonyl (C=O) groups excluding carboxylic acids is 2. The van der Waals surface area contributed by atoms with Gasteiger partial charge in [0, 0.05) is 4.47 Å². The van der Waals surface area contributed by atoms with Crippen LogP contribution in [0, 0.1) is 0 Å². The molecule has 0 radical (unpaired) electrons. The summed E-state index contributed by atoms with van der Waals surface area (Å²) in [7, 11) is 0. The molecule has 0 saturated heterocycles. The maximum Gasteiger partial charge on any atom is 0.279 e. The molecule has 3 aromatic rings. The van der Waals surface area contributed by atoms with Gasteiger partial charge >= 0.3 is 0 Å². The van der Waals surface area contributed by atoms with Crippen LogP contribution in [0.4, 0.5) is 0 Å². The molecule has 0 aliphatic heterocycles. The Labute approximate surface area is 170 Å². The highest BCUT2D eigenvalue weighted by Gasteiger charge is 2.15. The fraction of sp³-hybridized carbons (Fsp3) is 0.143. The lowest BCUT2D eigenvalue weighted by Crippen LogP contribution is -2.48. The minimum atomic E-state index is -0.783. The van der Waals surface area contributed by atoms with Gasteiger partial charge in [-0.15, -0.1) is 0 Å². The number of amides is 2. The van der Waals surface area contributed by atoms with Crippen LogP contribution in [0.3, 0.4) is 0 Å². The summed E-state index contributed by atoms with van der Waals surface area (Å²) in [4.78, 5) is 23.9. The van der Waals surface area contributed by atoms with Gasteiger partial charge in [-0.25, -0.2) is 0 Å². The van der Waals surface area contributed by atoms with Crippen LogP contribution in [0.2, 0.25) is 0 Å². The van der Waals surface area contributed by atoms with Crippen molar-refractivity contribution in [1.29, 1.82) is 0 Å². The van der Waals surface area contributed by atoms with Crippen LogP contribution in [-0.2, 0) is 9.59 Å². The number of carbonyl (C=O) groups is 2. The lowest BCUT2D eigenvalue weighted by molar-refractivity contribution is -0.133. The Morgan fingerprint density at radius 1 is 0.929 bits per heavy atom. The van der Waals surface area contributed by atoms with Crippen molar-refractivity contribution >= 4 is 38.5 Å². The van der Waals surface area contributed by atoms with Gasteiger partial charge in [-0.1, -0.05) is 46.3 Å². The quantitative estimate of drug-likeness (QED) is 0.571. The molecule has 7 heteroatoms. The SMILES string of the molecule is C[C@@H](Oc1ccc2ccccc2c1)C(=O)NNC(=O)COc1ccc(Br)cc1. The van der Waals surface area contributed by atoms with Crippen molar-refractivity contribution in [1.82, 2.24) is 10.9 Å². The van der Waals surface area contributed by atoms with E-state index in [0.717, 1.165) is 15.2 Å². The molecule has 0 unspecified atom stereocenters. The Kier molecular flexibility index (Phi) is 6.49. The maximum absolute atomic E-state index is 12.1. The number of ether oxygens (including phenoxy) is 2. The molecule has 0 heterocycles. The van der Waals surface area contributed by atoms with Crippen LogP contribution in [-0.4, -0.2) is 24.5 Å². The Hall–Kier alpha value is -3.06. The van der Waals surface area contributed by atoms with E-state index in [1.54, 1.807) is 37.3 Å². The van der Waals surface area contributed by atoms with Crippen molar-refractivity contribution in [3.8, 4) is 11.5 Å². The van der Waals surface area contributed by atoms with E-state index in [9.17, 15) is 9.59 Å². The van der Waals surface area contributed by atoms with Gasteiger partial charge in [0.1, 0.15) is 11.5 Å². The number of fused-ring (bicyclic) bond motifs is 1. The summed E-state index contributed by atoms with van der Waals surface area (Å²) in [6.45, 7) is 1.39. The summed E-state index contributed by atoms with van der Waals surface area (Å²) < 4.78 is 11.9. The molecule has 0 aliphatic rings. The second-order valence-corrected chi connectivity index (χ2v) is 6.96. The molecule has 0 aromatic heterocycles. The third kappa shape index (κ3) is 5.47. The molecular weight excluding hydrogens is 424 g/mol. The first-order valence-electron chi connectivity index (χ1n) is 8.64. The molecule has 0 spiro atoms. The van der Waals surface area contributed by atoms with Crippen LogP contribution in [0.25, 0.3) is 10.8 Å². The summed E-state index contributed by atoms with van der Waals surface area (Å²) >= 11 is 3.32. The van der Waals surface area contributed by atoms with E-state index in [4.69, 9.17) is 9.47 Å². The molecule has 144 valence electrons. The number of halogens is 1. The van der Waals surface area contributed by atoms with Crippen molar-refractivity contribution in [2.45, 2.75) is 13.0 Å². The first-order valence-corrected chi connectivity index (χ1v) is 9.43. The number of hydrogen-bond acceptors (Lipinski definition) is 4. The van der Waals surface area contributed by atoms with Gasteiger partial charge in [0.25, 0.3) is 11.8 Å². The standard InChI is InChI=1S/C21H19BrN2O4/c1-14(28-19-9-6-15-4-2-3-5-16(15)12-19)21(26)24-23-20(25)13-27-18-10-7-17(22)8-11-18/h2-12,14H,13H2,1H3,(H,23,25)(H,24,26)/t14-/m1/s1. The zero-order valence-corrected chi connectivity index (χ0v) is 16.7. The molecule has 0 bridgehead atoms. The summed E-state index contributed by atoms with van der Waals surface area (Å²) in [5.74, 6) is 0.184. The summed E-state index contributed by atoms with van der Waals surface area (Å²) in [6.07, 6.45) is -0.783. The van der Waals surface area contributed by atoms with Gasteiger partial charge in [0.05, 0.1) is 0 Å². The van der Waals surface area contributed by atoms with Gasteiger partial charge in [-0.05, 0) is 54.1 Å². The Morgan fingerprint density at radius 3 is 2.36 bits per heavy atom. The Balaban J connectivity index is 1.45. The van der Waals surface area contributed by atoms with Gasteiger partial charge in [0.2, 0.25) is 0 Å². The number of hydrazine groups is 1. The van der Waals surface area contributed by atoms with E-state index in [1.165, 1.54) is 0 Å². The van der Waals surface area contributed by atoms with Crippen molar-refractivity contribution in [3.05, 3.63) is 71.2 Å². The van der Waals surface area contributed by atoms with Gasteiger partial charge in [-0.2, -0.15) is 0 Å². The van der Waals surface area contributed by atoms with Crippen LogP contribution in [0.15, 0.2) is 71.2 Å². The zero-order valence-electron chi connectivity index (χ0n) is 15.1. The minimum Gasteiger partial charge on any atom is -0.484 e. The van der Waals surface area contributed by atoms with E-state index in [-0.39, 0.29) is 6.61 Å². The lowest BCUT2D eigenvalue weighted by Gasteiger charge is -2.15. The smallest absolute Gasteiger partial charge is 0.279 e. The first kappa shape index (κ1) is 19.7. The third-order valence-electron chi connectivity index (χ3n) is 3.91. The van der Waals surface area contributed by atoms with E-state index in [2.05, 4.69) is 26.8 Å². The zero-order chi connectivity index (χ0) is 19.9. The van der Waals surface area contributed by atoms with Crippen molar-refractivity contribution in [2.75, 3.05) is 6.61 Å². The minimum absolute atomic E-state index is 0.220. The molecule has 0 saturated carbocycles. The number of nitrogens with one attached hydrogen (secondary N) is 2. The molecular formula is C21H19BrN2O4. The average Bonchev–Trinajstić information content (AvgIpc) is 2.71. The lowest BCUT2D eigenvalue weighted by atomic mass is 10.1. The van der Waals surface area contributed by atoms with Crippen LogP contribution < -0.4 is 20.3 Å². The van der Waals surface area contributed by atoms with Crippen molar-refractivity contribution in [3.63, 3.8) is 0 Å². The fourth-order valence-corrected chi connectivity index (χ4v) is 2.71. The predicted molar refractivity (Wildman–Crippen MR) is 110 cm³/mol. The molecule has 2 amide bonds. The number of benzene rings is 3. The van der Waals surface area contributed by atoms with E-state index in [0.29, 0.717) is 11.5 Å². The molecule has 0 fully saturated rings. The summed E-state index contributed by atoms with van der Waals surface area (Å²) in [5.41, 5.74) is 4.64. The molecule has 3 rings (SSSR count). The van der Waals surface area contributed by atoms with Gasteiger partial charge in [0.15, 0.2) is 12.7 Å². The van der Waals surface area contributed by atoms with Crippen LogP contribution in [0.5, 0.6) is 11.5 Å². The maximum atomic E-state index is 12.1. The largest absolute Gasteiger partial charge is 0.484 e. The van der Waals surface area contributed by atoms with Crippen molar-refractivity contribution in [2.24, 2.45) is 0 Å². The second-order valence-electron chi connectivity index (χ2n) is 6.05. The van der Waals surface area contributed by atoms with Crippen LogP contribution in [0.1, 0.15) is 6.92 Å². The number of hydrogen-bond donors (Lipinski definition) is 2. The summed E-state index contributed by atoms with van der Waals surface area (Å²) in [5, 5.41) is 2.11. The number of rotatable bonds is 6. The van der Waals surface area contributed by atoms with Gasteiger partial charge in [-0.3, -0.25) is 20.4 Å². The first-order chi connectivity index (χ1) is 13.5. The highest BCUT2D eigenvalue weighted by Crippen LogP contribution is 2.21. The monoisotopic (exact) mass is 442 g/mol. The average molecular weight is 443 g/mol. The Bertz CT molecular complexity index is 976. The Morgan fingerprint density at radius 2 is 1.61 bits per heavy atom. The predicted octanol–water partition coefficient (Wildman–Crippen LogP) is 3.60. The molecule has 3 aromatic carbocycles. The molecule has 0 aliphatic carbocycles. The van der Waals surface area contributed by atoms with Crippen molar-refractivity contribution < 1.29 is 19.1 Å². The third-order valence-corrected chi connectivity index (χ3v) is 4.44. The van der Waals surface area contributed by atoms with Crippen LogP contribution >= 0.6 is 15.9 Å². The molecule has 2 N–H and O–H groups in total. The fourth-order valence-electron chi connectivity index (χ4n) is 2.45. The topological polar surface area (TPSA) is 76.7 Å². The van der Waals surface area contributed by atoms with Gasteiger partial charge < -0.3 is 9.47 Å². The van der Waals surface area contributed by atoms with E-state index >= 15 is 0 Å².